The van der Waals surface area contributed by atoms with Crippen molar-refractivity contribution >= 4 is 34.9 Å². The van der Waals surface area contributed by atoms with Gasteiger partial charge < -0.3 is 15.7 Å². The number of carbonyl (C=O) groups is 1. The second-order valence-electron chi connectivity index (χ2n) is 6.99. The molecule has 26 heavy (non-hydrogen) atoms. The number of hydrogen-bond acceptors (Lipinski definition) is 3. The molecule has 1 aliphatic heterocycles. The molecule has 1 saturated carbocycles. The highest BCUT2D eigenvalue weighted by molar-refractivity contribution is 6.35. The lowest BCUT2D eigenvalue weighted by Gasteiger charge is -2.33. The molecule has 0 amide bonds. The zero-order chi connectivity index (χ0) is 18.8. The molecule has 0 saturated heterocycles. The monoisotopic (exact) mass is 392 g/mol. The number of nitrogens with zero attached hydrogens (tertiary/aromatic N) is 1. The van der Waals surface area contributed by atoms with Gasteiger partial charge in [0.1, 0.15) is 0 Å². The van der Waals surface area contributed by atoms with Crippen LogP contribution in [0.5, 0.6) is 0 Å². The lowest BCUT2D eigenvalue weighted by molar-refractivity contribution is -0.138. The van der Waals surface area contributed by atoms with Crippen LogP contribution in [0.4, 0.5) is 5.69 Å². The zero-order valence-corrected chi connectivity index (χ0v) is 16.1. The molecule has 1 aliphatic carbocycles. The van der Waals surface area contributed by atoms with Gasteiger partial charge in [-0.05, 0) is 60.8 Å². The largest absolute Gasteiger partial charge is 0.481 e. The van der Waals surface area contributed by atoms with Crippen LogP contribution >= 0.6 is 23.2 Å². The molecule has 4 rings (SSSR count). The Kier molecular flexibility index (Phi) is 5.76. The Labute approximate surface area is 163 Å². The van der Waals surface area contributed by atoms with Crippen LogP contribution in [-0.4, -0.2) is 29.6 Å². The average molecular weight is 393 g/mol. The Morgan fingerprint density at radius 3 is 2.54 bits per heavy atom. The molecular formula is C20H22Cl2N2O2. The number of aliphatic carboxylic acids is 1. The number of hydrogen-bond donors (Lipinski definition) is 2. The summed E-state index contributed by atoms with van der Waals surface area (Å²) in [4.78, 5) is 12.0. The first-order chi connectivity index (χ1) is 12.3. The van der Waals surface area contributed by atoms with Gasteiger partial charge in [-0.1, -0.05) is 35.3 Å². The van der Waals surface area contributed by atoms with Crippen molar-refractivity contribution in [1.29, 1.82) is 0 Å². The van der Waals surface area contributed by atoms with E-state index in [1.165, 1.54) is 11.1 Å². The van der Waals surface area contributed by atoms with Crippen LogP contribution in [0.2, 0.25) is 10.0 Å². The molecule has 2 aromatic rings. The van der Waals surface area contributed by atoms with E-state index in [-0.39, 0.29) is 11.8 Å². The van der Waals surface area contributed by atoms with Crippen molar-refractivity contribution in [2.45, 2.75) is 25.3 Å². The summed E-state index contributed by atoms with van der Waals surface area (Å²) in [6.45, 7) is 1.79. The molecule has 6 heteroatoms. The molecule has 1 heterocycles. The number of nitrogen functional groups attached to an aromatic ring is 1. The van der Waals surface area contributed by atoms with Crippen molar-refractivity contribution in [3.05, 3.63) is 63.1 Å². The van der Waals surface area contributed by atoms with Gasteiger partial charge in [0, 0.05) is 34.7 Å². The van der Waals surface area contributed by atoms with Crippen LogP contribution in [0.1, 0.15) is 35.4 Å². The highest BCUT2D eigenvalue weighted by Gasteiger charge is 2.29. The maximum Gasteiger partial charge on any atom is 0.306 e. The molecule has 0 bridgehead atoms. The minimum Gasteiger partial charge on any atom is -0.481 e. The number of halogens is 2. The minimum atomic E-state index is -0.630. The molecule has 1 fully saturated rings. The summed E-state index contributed by atoms with van der Waals surface area (Å²) in [5.74, 6) is -0.358. The van der Waals surface area contributed by atoms with Gasteiger partial charge in [-0.3, -0.25) is 4.79 Å². The molecule has 4 nitrogen and oxygen atoms in total. The van der Waals surface area contributed by atoms with E-state index in [4.69, 9.17) is 34.0 Å². The van der Waals surface area contributed by atoms with Gasteiger partial charge in [-0.2, -0.15) is 0 Å². The average Bonchev–Trinajstić information content (AvgIpc) is 3.41. The van der Waals surface area contributed by atoms with Gasteiger partial charge in [0.2, 0.25) is 0 Å². The van der Waals surface area contributed by atoms with Crippen molar-refractivity contribution in [3.63, 3.8) is 0 Å². The zero-order valence-electron chi connectivity index (χ0n) is 14.6. The van der Waals surface area contributed by atoms with Gasteiger partial charge in [0.25, 0.3) is 0 Å². The Balaban J connectivity index is 0.000000278. The van der Waals surface area contributed by atoms with E-state index < -0.39 is 5.97 Å². The Morgan fingerprint density at radius 2 is 1.96 bits per heavy atom. The van der Waals surface area contributed by atoms with Gasteiger partial charge >= 0.3 is 5.97 Å². The molecule has 0 aromatic heterocycles. The van der Waals surface area contributed by atoms with Crippen molar-refractivity contribution in [2.75, 3.05) is 19.3 Å². The normalized spacial score (nSPS) is 19.3. The van der Waals surface area contributed by atoms with Crippen LogP contribution in [0.25, 0.3) is 0 Å². The first-order valence-electron chi connectivity index (χ1n) is 8.59. The quantitative estimate of drug-likeness (QED) is 0.730. The molecule has 0 spiro atoms. The van der Waals surface area contributed by atoms with E-state index in [1.54, 1.807) is 0 Å². The molecule has 138 valence electrons. The van der Waals surface area contributed by atoms with E-state index in [9.17, 15) is 4.79 Å². The molecule has 1 atom stereocenters. The number of fused-ring (bicyclic) bond motifs is 1. The summed E-state index contributed by atoms with van der Waals surface area (Å²) < 4.78 is 0. The number of benzene rings is 2. The van der Waals surface area contributed by atoms with Crippen molar-refractivity contribution in [3.8, 4) is 0 Å². The fraction of sp³-hybridized carbons (Fsp3) is 0.350. The van der Waals surface area contributed by atoms with Gasteiger partial charge in [-0.15, -0.1) is 0 Å². The van der Waals surface area contributed by atoms with Crippen LogP contribution in [0.3, 0.4) is 0 Å². The third kappa shape index (κ3) is 4.50. The standard InChI is InChI=1S/C16H16Cl2N2.C4H6O2/c1-20-8-14(10-3-2-4-12(19)5-10)13-6-11(17)7-16(18)15(13)9-20;5-4(6)3-1-2-3/h2-7,14H,8-9,19H2,1H3;3H,1-2H2,(H,5,6). The third-order valence-electron chi connectivity index (χ3n) is 4.73. The molecule has 1 unspecified atom stereocenters. The summed E-state index contributed by atoms with van der Waals surface area (Å²) in [6, 6.07) is 11.9. The van der Waals surface area contributed by atoms with E-state index in [1.807, 2.05) is 30.3 Å². The van der Waals surface area contributed by atoms with E-state index in [0.717, 1.165) is 42.2 Å². The van der Waals surface area contributed by atoms with Gasteiger partial charge in [-0.25, -0.2) is 0 Å². The van der Waals surface area contributed by atoms with Gasteiger partial charge in [0.05, 0.1) is 5.92 Å². The first kappa shape index (κ1) is 19.0. The fourth-order valence-corrected chi connectivity index (χ4v) is 3.81. The predicted octanol–water partition coefficient (Wildman–Crippen LogP) is 4.63. The highest BCUT2D eigenvalue weighted by atomic mass is 35.5. The Bertz CT molecular complexity index is 821. The van der Waals surface area contributed by atoms with Gasteiger partial charge in [0.15, 0.2) is 0 Å². The van der Waals surface area contributed by atoms with Crippen LogP contribution in [0, 0.1) is 5.92 Å². The first-order valence-corrected chi connectivity index (χ1v) is 9.35. The topological polar surface area (TPSA) is 66.6 Å². The van der Waals surface area contributed by atoms with Crippen molar-refractivity contribution in [2.24, 2.45) is 5.92 Å². The maximum absolute atomic E-state index is 9.76. The highest BCUT2D eigenvalue weighted by Crippen LogP contribution is 2.38. The van der Waals surface area contributed by atoms with E-state index in [0.29, 0.717) is 5.02 Å². The predicted molar refractivity (Wildman–Crippen MR) is 106 cm³/mol. The molecule has 2 aromatic carbocycles. The summed E-state index contributed by atoms with van der Waals surface area (Å²) in [5.41, 5.74) is 10.3. The minimum absolute atomic E-state index is 0.0185. The number of carboxylic acids is 1. The van der Waals surface area contributed by atoms with Crippen LogP contribution in [0.15, 0.2) is 36.4 Å². The van der Waals surface area contributed by atoms with Crippen LogP contribution < -0.4 is 5.73 Å². The summed E-state index contributed by atoms with van der Waals surface area (Å²) >= 11 is 12.5. The molecule has 3 N–H and O–H groups in total. The summed E-state index contributed by atoms with van der Waals surface area (Å²) in [7, 11) is 2.10. The number of nitrogens with two attached hydrogens (primary N) is 1. The van der Waals surface area contributed by atoms with Crippen molar-refractivity contribution in [1.82, 2.24) is 4.90 Å². The smallest absolute Gasteiger partial charge is 0.306 e. The second kappa shape index (κ2) is 7.87. The number of carboxylic acid groups (broad SMARTS) is 1. The van der Waals surface area contributed by atoms with E-state index >= 15 is 0 Å². The Hall–Kier alpha value is -1.75. The fourth-order valence-electron chi connectivity index (χ4n) is 3.24. The number of rotatable bonds is 2. The number of likely N-dealkylation sites (N-methyl/N-ethyl adjacent to an activating group) is 1. The van der Waals surface area contributed by atoms with Crippen LogP contribution in [-0.2, 0) is 11.3 Å². The summed E-state index contributed by atoms with van der Waals surface area (Å²) in [5, 5.41) is 9.48. The third-order valence-corrected chi connectivity index (χ3v) is 5.29. The van der Waals surface area contributed by atoms with Crippen molar-refractivity contribution < 1.29 is 9.90 Å². The second-order valence-corrected chi connectivity index (χ2v) is 7.83. The molecular weight excluding hydrogens is 371 g/mol. The maximum atomic E-state index is 9.76. The SMILES string of the molecule is CN1Cc2c(Cl)cc(Cl)cc2C(c2cccc(N)c2)C1.O=C(O)C1CC1. The number of anilines is 1. The summed E-state index contributed by atoms with van der Waals surface area (Å²) in [6.07, 6.45) is 1.80. The Morgan fingerprint density at radius 1 is 1.23 bits per heavy atom. The lowest BCUT2D eigenvalue weighted by atomic mass is 9.84. The molecule has 0 radical (unpaired) electrons. The van der Waals surface area contributed by atoms with E-state index in [2.05, 4.69) is 18.0 Å². The molecule has 2 aliphatic rings. The lowest BCUT2D eigenvalue weighted by Crippen LogP contribution is -2.31.